The zero-order valence-electron chi connectivity index (χ0n) is 13.2. The zero-order valence-corrected chi connectivity index (χ0v) is 13.2. The third-order valence-corrected chi connectivity index (χ3v) is 4.05. The molecule has 1 heterocycles. The molecule has 6 heteroatoms. The first-order valence-electron chi connectivity index (χ1n) is 7.68. The second kappa shape index (κ2) is 7.58. The lowest BCUT2D eigenvalue weighted by Crippen LogP contribution is -2.67. The van der Waals surface area contributed by atoms with Gasteiger partial charge in [0.05, 0.1) is 25.9 Å². The molecule has 1 aliphatic heterocycles. The van der Waals surface area contributed by atoms with Gasteiger partial charge < -0.3 is 14.6 Å². The minimum atomic E-state index is -0.448. The third kappa shape index (κ3) is 3.97. The number of aliphatic hydroxyl groups excluding tert-OH is 1. The highest BCUT2D eigenvalue weighted by atomic mass is 16.5. The Kier molecular flexibility index (Phi) is 5.76. The van der Waals surface area contributed by atoms with Crippen molar-refractivity contribution >= 4 is 5.91 Å². The van der Waals surface area contributed by atoms with Crippen molar-refractivity contribution in [3.63, 3.8) is 0 Å². The minimum absolute atomic E-state index is 0.192. The van der Waals surface area contributed by atoms with Crippen molar-refractivity contribution in [2.24, 2.45) is 0 Å². The van der Waals surface area contributed by atoms with Crippen LogP contribution in [-0.4, -0.2) is 61.7 Å². The molecule has 0 radical (unpaired) electrons. The summed E-state index contributed by atoms with van der Waals surface area (Å²) in [6.07, 6.45) is 0.210. The van der Waals surface area contributed by atoms with Gasteiger partial charge >= 0.3 is 0 Å². The normalized spacial score (nSPS) is 18.5. The summed E-state index contributed by atoms with van der Waals surface area (Å²) in [5.41, 5.74) is 3.57. The predicted molar refractivity (Wildman–Crippen MR) is 82.4 cm³/mol. The smallest absolute Gasteiger partial charge is 0.299 e. The standard InChI is InChI=1S/C16H24N2O4/c1-3-13(19)12-18(8-10-22-11-9-18)17-16(20)14-6-4-5-7-15(14)21-2/h4-7,13,19H,3,8-12H2,1-2H3/p+1. The summed E-state index contributed by atoms with van der Waals surface area (Å²) in [6, 6.07) is 7.14. The maximum atomic E-state index is 12.6. The van der Waals surface area contributed by atoms with Gasteiger partial charge in [-0.3, -0.25) is 4.79 Å². The Hall–Kier alpha value is -1.63. The molecule has 1 aromatic carbocycles. The molecular formula is C16H25N2O4+. The van der Waals surface area contributed by atoms with E-state index in [1.165, 1.54) is 0 Å². The Morgan fingerprint density at radius 3 is 2.73 bits per heavy atom. The van der Waals surface area contributed by atoms with E-state index in [4.69, 9.17) is 9.47 Å². The predicted octanol–water partition coefficient (Wildman–Crippen LogP) is 0.958. The van der Waals surface area contributed by atoms with E-state index in [9.17, 15) is 9.90 Å². The molecule has 22 heavy (non-hydrogen) atoms. The van der Waals surface area contributed by atoms with Crippen LogP contribution in [0.25, 0.3) is 0 Å². The molecule has 1 unspecified atom stereocenters. The second-order valence-corrected chi connectivity index (χ2v) is 5.59. The number of amides is 1. The molecule has 1 aliphatic rings. The number of ether oxygens (including phenoxy) is 2. The largest absolute Gasteiger partial charge is 0.496 e. The zero-order chi connectivity index (χ0) is 16.0. The fraction of sp³-hybridized carbons (Fsp3) is 0.562. The molecule has 0 spiro atoms. The van der Waals surface area contributed by atoms with E-state index >= 15 is 0 Å². The van der Waals surface area contributed by atoms with Crippen molar-refractivity contribution in [1.29, 1.82) is 0 Å². The minimum Gasteiger partial charge on any atom is -0.496 e. The fourth-order valence-corrected chi connectivity index (χ4v) is 2.67. The summed E-state index contributed by atoms with van der Waals surface area (Å²) in [5.74, 6) is 0.352. The van der Waals surface area contributed by atoms with E-state index < -0.39 is 6.10 Å². The molecule has 6 nitrogen and oxygen atoms in total. The average molecular weight is 309 g/mol. The number of methoxy groups -OCH3 is 1. The Labute approximate surface area is 131 Å². The molecule has 1 amide bonds. The van der Waals surface area contributed by atoms with Gasteiger partial charge in [-0.2, -0.15) is 5.43 Å². The van der Waals surface area contributed by atoms with Crippen LogP contribution < -0.4 is 10.2 Å². The van der Waals surface area contributed by atoms with E-state index in [2.05, 4.69) is 5.43 Å². The summed E-state index contributed by atoms with van der Waals surface area (Å²) < 4.78 is 11.0. The van der Waals surface area contributed by atoms with E-state index in [-0.39, 0.29) is 5.91 Å². The van der Waals surface area contributed by atoms with Crippen LogP contribution in [0.1, 0.15) is 23.7 Å². The van der Waals surface area contributed by atoms with Crippen LogP contribution in [0.4, 0.5) is 0 Å². The van der Waals surface area contributed by atoms with Crippen LogP contribution in [0.2, 0.25) is 0 Å². The van der Waals surface area contributed by atoms with E-state index in [1.807, 2.05) is 19.1 Å². The highest BCUT2D eigenvalue weighted by molar-refractivity contribution is 5.96. The summed E-state index contributed by atoms with van der Waals surface area (Å²) in [4.78, 5) is 12.6. The quantitative estimate of drug-likeness (QED) is 0.768. The summed E-state index contributed by atoms with van der Waals surface area (Å²) >= 11 is 0. The maximum Gasteiger partial charge on any atom is 0.299 e. The first kappa shape index (κ1) is 16.7. The van der Waals surface area contributed by atoms with E-state index in [0.717, 1.165) is 0 Å². The van der Waals surface area contributed by atoms with Gasteiger partial charge in [-0.15, -0.1) is 0 Å². The Morgan fingerprint density at radius 2 is 2.09 bits per heavy atom. The number of carbonyl (C=O) groups is 1. The highest BCUT2D eigenvalue weighted by Gasteiger charge is 2.35. The van der Waals surface area contributed by atoms with Gasteiger partial charge in [0.25, 0.3) is 5.91 Å². The molecule has 0 aliphatic carbocycles. The molecule has 1 saturated heterocycles. The Balaban J connectivity index is 2.17. The second-order valence-electron chi connectivity index (χ2n) is 5.59. The van der Waals surface area contributed by atoms with Crippen LogP contribution in [-0.2, 0) is 4.74 Å². The highest BCUT2D eigenvalue weighted by Crippen LogP contribution is 2.19. The molecule has 122 valence electrons. The maximum absolute atomic E-state index is 12.6. The molecule has 2 N–H and O–H groups in total. The van der Waals surface area contributed by atoms with Gasteiger partial charge in [0, 0.05) is 0 Å². The summed E-state index contributed by atoms with van der Waals surface area (Å²) in [5, 5.41) is 10.0. The number of hydrogen-bond acceptors (Lipinski definition) is 4. The summed E-state index contributed by atoms with van der Waals surface area (Å²) in [7, 11) is 1.55. The topological polar surface area (TPSA) is 67.8 Å². The van der Waals surface area contributed by atoms with Crippen molar-refractivity contribution in [3.05, 3.63) is 29.8 Å². The number of benzene rings is 1. The Bertz CT molecular complexity index is 501. The van der Waals surface area contributed by atoms with E-state index in [0.29, 0.717) is 55.2 Å². The Morgan fingerprint density at radius 1 is 1.41 bits per heavy atom. The number of aliphatic hydroxyl groups is 1. The first-order chi connectivity index (χ1) is 10.6. The van der Waals surface area contributed by atoms with Crippen molar-refractivity contribution in [2.75, 3.05) is 40.0 Å². The van der Waals surface area contributed by atoms with Crippen LogP contribution in [0.15, 0.2) is 24.3 Å². The molecular weight excluding hydrogens is 284 g/mol. The number of nitrogens with one attached hydrogen (secondary N) is 1. The molecule has 0 aromatic heterocycles. The van der Waals surface area contributed by atoms with Gasteiger partial charge in [0.1, 0.15) is 31.5 Å². The third-order valence-electron chi connectivity index (χ3n) is 4.05. The van der Waals surface area contributed by atoms with Crippen molar-refractivity contribution < 1.29 is 24.0 Å². The number of carbonyl (C=O) groups excluding carboxylic acids is 1. The van der Waals surface area contributed by atoms with Crippen LogP contribution >= 0.6 is 0 Å². The number of nitrogens with zero attached hydrogens (tertiary/aromatic N) is 1. The number of rotatable bonds is 6. The van der Waals surface area contributed by atoms with Crippen molar-refractivity contribution in [1.82, 2.24) is 5.43 Å². The fourth-order valence-electron chi connectivity index (χ4n) is 2.67. The van der Waals surface area contributed by atoms with Gasteiger partial charge in [0.2, 0.25) is 0 Å². The lowest BCUT2D eigenvalue weighted by Gasteiger charge is -2.41. The van der Waals surface area contributed by atoms with Crippen LogP contribution in [0, 0.1) is 0 Å². The van der Waals surface area contributed by atoms with Crippen LogP contribution in [0.5, 0.6) is 5.75 Å². The molecule has 1 fully saturated rings. The lowest BCUT2D eigenvalue weighted by molar-refractivity contribution is -0.969. The van der Waals surface area contributed by atoms with Gasteiger partial charge in [-0.25, -0.2) is 4.59 Å². The van der Waals surface area contributed by atoms with E-state index in [1.54, 1.807) is 19.2 Å². The number of para-hydroxylation sites is 1. The molecule has 1 aromatic rings. The number of quaternary nitrogens is 1. The van der Waals surface area contributed by atoms with Gasteiger partial charge in [0.15, 0.2) is 0 Å². The molecule has 0 saturated carbocycles. The van der Waals surface area contributed by atoms with Crippen molar-refractivity contribution in [2.45, 2.75) is 19.4 Å². The summed E-state index contributed by atoms with van der Waals surface area (Å²) in [6.45, 7) is 4.87. The lowest BCUT2D eigenvalue weighted by atomic mass is 10.2. The SMILES string of the molecule is CCC(O)C[N+]1(NC(=O)c2ccccc2OC)CCOCC1. The first-order valence-corrected chi connectivity index (χ1v) is 7.68. The molecule has 2 rings (SSSR count). The van der Waals surface area contributed by atoms with Gasteiger partial charge in [-0.1, -0.05) is 19.1 Å². The van der Waals surface area contributed by atoms with Gasteiger partial charge in [-0.05, 0) is 18.6 Å². The number of morpholine rings is 1. The molecule has 1 atom stereocenters. The number of hydrogen-bond donors (Lipinski definition) is 2. The average Bonchev–Trinajstić information content (AvgIpc) is 2.55. The molecule has 0 bridgehead atoms. The van der Waals surface area contributed by atoms with Crippen molar-refractivity contribution in [3.8, 4) is 5.75 Å². The van der Waals surface area contributed by atoms with Crippen LogP contribution in [0.3, 0.4) is 0 Å². The monoisotopic (exact) mass is 309 g/mol.